The van der Waals surface area contributed by atoms with Gasteiger partial charge in [-0.1, -0.05) is 17.7 Å². The molecule has 63 valence electrons. The van der Waals surface area contributed by atoms with Gasteiger partial charge < -0.3 is 9.84 Å². The van der Waals surface area contributed by atoms with E-state index in [2.05, 4.69) is 0 Å². The van der Waals surface area contributed by atoms with E-state index in [0.717, 1.165) is 5.75 Å². The zero-order valence-corrected chi connectivity index (χ0v) is 9.99. The predicted molar refractivity (Wildman–Crippen MR) is 43.8 cm³/mol. The Kier molecular flexibility index (Phi) is 6.63. The monoisotopic (exact) mass is 241 g/mol. The largest absolute Gasteiger partial charge is 0.491 e. The molecule has 0 aliphatic carbocycles. The number of aryl methyl sites for hydroxylation is 1. The number of benzene rings is 1. The maximum Gasteiger partial charge on any atom is 0.119 e. The zero-order chi connectivity index (χ0) is 8.10. The van der Waals surface area contributed by atoms with Crippen LogP contribution in [0.25, 0.3) is 0 Å². The third-order valence-electron chi connectivity index (χ3n) is 1.38. The minimum Gasteiger partial charge on any atom is -0.491 e. The minimum absolute atomic E-state index is 0. The Balaban J connectivity index is 0.00000121. The van der Waals surface area contributed by atoms with E-state index >= 15 is 0 Å². The van der Waals surface area contributed by atoms with Gasteiger partial charge >= 0.3 is 0 Å². The number of rotatable bonds is 3. The topological polar surface area (TPSA) is 29.5 Å². The molecule has 0 saturated carbocycles. The van der Waals surface area contributed by atoms with Crippen molar-refractivity contribution in [3.05, 3.63) is 29.8 Å². The molecule has 1 rings (SSSR count). The van der Waals surface area contributed by atoms with Gasteiger partial charge in [-0.25, -0.2) is 0 Å². The van der Waals surface area contributed by atoms with Gasteiger partial charge in [-0.15, -0.1) is 0 Å². The van der Waals surface area contributed by atoms with Crippen LogP contribution in [0.3, 0.4) is 0 Å². The van der Waals surface area contributed by atoms with Crippen LogP contribution in [0.4, 0.5) is 0 Å². The molecule has 0 atom stereocenters. The van der Waals surface area contributed by atoms with Crippen molar-refractivity contribution in [2.75, 3.05) is 13.2 Å². The van der Waals surface area contributed by atoms with Gasteiger partial charge in [0, 0.05) is 32.7 Å². The van der Waals surface area contributed by atoms with Crippen LogP contribution in [0.15, 0.2) is 24.3 Å². The molecule has 0 fully saturated rings. The summed E-state index contributed by atoms with van der Waals surface area (Å²) in [5.41, 5.74) is 1.21. The van der Waals surface area contributed by atoms with Crippen molar-refractivity contribution >= 4 is 0 Å². The first-order valence-electron chi connectivity index (χ1n) is 3.63. The number of aliphatic hydroxyl groups is 1. The SMILES string of the molecule is Cc1ccc(OCCO)cc1.[Y]. The molecule has 2 nitrogen and oxygen atoms in total. The molecule has 0 bridgehead atoms. The number of hydrogen-bond acceptors (Lipinski definition) is 2. The first-order valence-corrected chi connectivity index (χ1v) is 3.63. The van der Waals surface area contributed by atoms with E-state index in [0.29, 0.717) is 6.61 Å². The molecule has 1 radical (unpaired) electrons. The molecular weight excluding hydrogens is 229 g/mol. The summed E-state index contributed by atoms with van der Waals surface area (Å²) in [5, 5.41) is 8.46. The number of ether oxygens (including phenoxy) is 1. The third kappa shape index (κ3) is 4.19. The first-order chi connectivity index (χ1) is 5.33. The van der Waals surface area contributed by atoms with E-state index in [1.807, 2.05) is 31.2 Å². The summed E-state index contributed by atoms with van der Waals surface area (Å²) in [6.45, 7) is 2.45. The van der Waals surface area contributed by atoms with Crippen molar-refractivity contribution < 1.29 is 42.6 Å². The van der Waals surface area contributed by atoms with Crippen LogP contribution < -0.4 is 4.74 Å². The molecule has 1 aromatic rings. The van der Waals surface area contributed by atoms with Gasteiger partial charge in [-0.2, -0.15) is 0 Å². The molecule has 0 spiro atoms. The van der Waals surface area contributed by atoms with Crippen LogP contribution in [-0.2, 0) is 32.7 Å². The molecule has 3 heteroatoms. The van der Waals surface area contributed by atoms with E-state index in [1.165, 1.54) is 5.56 Å². The van der Waals surface area contributed by atoms with Gasteiger partial charge in [-0.05, 0) is 19.1 Å². The Labute approximate surface area is 97.8 Å². The van der Waals surface area contributed by atoms with Gasteiger partial charge in [0.2, 0.25) is 0 Å². The summed E-state index contributed by atoms with van der Waals surface area (Å²) in [4.78, 5) is 0. The fourth-order valence-corrected chi connectivity index (χ4v) is 0.798. The summed E-state index contributed by atoms with van der Waals surface area (Å²) in [6, 6.07) is 7.75. The molecule has 0 aliphatic heterocycles. The van der Waals surface area contributed by atoms with Crippen molar-refractivity contribution in [3.8, 4) is 5.75 Å². The first kappa shape index (κ1) is 12.1. The van der Waals surface area contributed by atoms with Crippen molar-refractivity contribution in [1.29, 1.82) is 0 Å². The van der Waals surface area contributed by atoms with Crippen molar-refractivity contribution in [3.63, 3.8) is 0 Å². The Morgan fingerprint density at radius 3 is 2.33 bits per heavy atom. The van der Waals surface area contributed by atoms with Crippen LogP contribution in [0.1, 0.15) is 5.56 Å². The zero-order valence-electron chi connectivity index (χ0n) is 7.16. The molecule has 1 N–H and O–H groups in total. The average Bonchev–Trinajstić information content (AvgIpc) is 2.04. The normalized spacial score (nSPS) is 8.83. The van der Waals surface area contributed by atoms with Crippen LogP contribution in [0.5, 0.6) is 5.75 Å². The van der Waals surface area contributed by atoms with E-state index in [9.17, 15) is 0 Å². The molecule has 0 aromatic heterocycles. The van der Waals surface area contributed by atoms with Crippen LogP contribution in [-0.4, -0.2) is 18.3 Å². The minimum atomic E-state index is 0. The molecular formula is C9H12O2Y. The fraction of sp³-hybridized carbons (Fsp3) is 0.333. The molecule has 12 heavy (non-hydrogen) atoms. The molecule has 0 saturated heterocycles. The summed E-state index contributed by atoms with van der Waals surface area (Å²) in [5.74, 6) is 0.810. The summed E-state index contributed by atoms with van der Waals surface area (Å²) >= 11 is 0. The second-order valence-electron chi connectivity index (χ2n) is 2.39. The Hall–Kier alpha value is 0.0839. The summed E-state index contributed by atoms with van der Waals surface area (Å²) in [6.07, 6.45) is 0. The van der Waals surface area contributed by atoms with Gasteiger partial charge in [0.25, 0.3) is 0 Å². The molecule has 0 heterocycles. The third-order valence-corrected chi connectivity index (χ3v) is 1.38. The summed E-state index contributed by atoms with van der Waals surface area (Å²) < 4.78 is 5.16. The Bertz CT molecular complexity index is 208. The molecule has 0 unspecified atom stereocenters. The van der Waals surface area contributed by atoms with Gasteiger partial charge in [0.1, 0.15) is 12.4 Å². The maximum atomic E-state index is 8.46. The smallest absolute Gasteiger partial charge is 0.119 e. The van der Waals surface area contributed by atoms with E-state index in [-0.39, 0.29) is 39.3 Å². The molecule has 0 aliphatic rings. The van der Waals surface area contributed by atoms with Crippen molar-refractivity contribution in [1.82, 2.24) is 0 Å². The molecule has 0 amide bonds. The molecule has 1 aromatic carbocycles. The van der Waals surface area contributed by atoms with Crippen molar-refractivity contribution in [2.45, 2.75) is 6.92 Å². The van der Waals surface area contributed by atoms with E-state index in [1.54, 1.807) is 0 Å². The van der Waals surface area contributed by atoms with Gasteiger partial charge in [-0.3, -0.25) is 0 Å². The standard InChI is InChI=1S/C9H12O2.Y/c1-8-2-4-9(5-3-8)11-7-6-10;/h2-5,10H,6-7H2,1H3;. The van der Waals surface area contributed by atoms with Crippen LogP contribution in [0.2, 0.25) is 0 Å². The number of aliphatic hydroxyl groups excluding tert-OH is 1. The second-order valence-corrected chi connectivity index (χ2v) is 2.39. The predicted octanol–water partition coefficient (Wildman–Crippen LogP) is 1.36. The Morgan fingerprint density at radius 2 is 1.83 bits per heavy atom. The number of hydrogen-bond donors (Lipinski definition) is 1. The van der Waals surface area contributed by atoms with Crippen LogP contribution >= 0.6 is 0 Å². The van der Waals surface area contributed by atoms with E-state index in [4.69, 9.17) is 9.84 Å². The fourth-order valence-electron chi connectivity index (χ4n) is 0.798. The average molecular weight is 241 g/mol. The maximum absolute atomic E-state index is 8.46. The van der Waals surface area contributed by atoms with E-state index < -0.39 is 0 Å². The van der Waals surface area contributed by atoms with Crippen molar-refractivity contribution in [2.24, 2.45) is 0 Å². The summed E-state index contributed by atoms with van der Waals surface area (Å²) in [7, 11) is 0. The Morgan fingerprint density at radius 1 is 1.25 bits per heavy atom. The van der Waals surface area contributed by atoms with Gasteiger partial charge in [0.15, 0.2) is 0 Å². The second kappa shape index (κ2) is 6.58. The quantitative estimate of drug-likeness (QED) is 0.865. The van der Waals surface area contributed by atoms with Gasteiger partial charge in [0.05, 0.1) is 6.61 Å². The van der Waals surface area contributed by atoms with Crippen LogP contribution in [0, 0.1) is 6.92 Å².